The van der Waals surface area contributed by atoms with E-state index in [1.807, 2.05) is 24.3 Å². The Morgan fingerprint density at radius 2 is 1.48 bits per heavy atom. The van der Waals surface area contributed by atoms with Gasteiger partial charge in [0.1, 0.15) is 4.88 Å². The molecule has 0 bridgehead atoms. The van der Waals surface area contributed by atoms with E-state index in [0.717, 1.165) is 22.5 Å². The molecule has 0 aliphatic heterocycles. The summed E-state index contributed by atoms with van der Waals surface area (Å²) >= 11 is 0.804. The van der Waals surface area contributed by atoms with Gasteiger partial charge in [-0.15, -0.1) is 17.9 Å². The van der Waals surface area contributed by atoms with Crippen LogP contribution in [0.15, 0.2) is 60.7 Å². The number of hydrogen-bond acceptors (Lipinski definition) is 1. The van der Waals surface area contributed by atoms with Gasteiger partial charge in [0.25, 0.3) is 0 Å². The molecule has 0 atom stereocenters. The van der Waals surface area contributed by atoms with Gasteiger partial charge in [-0.1, -0.05) is 60.2 Å². The summed E-state index contributed by atoms with van der Waals surface area (Å²) in [6.45, 7) is 0.204. The maximum Gasteiger partial charge on any atom is 0.426 e. The Morgan fingerprint density at radius 3 is 2.04 bits per heavy atom. The van der Waals surface area contributed by atoms with Crippen LogP contribution >= 0.6 is 11.3 Å². The van der Waals surface area contributed by atoms with Crippen LogP contribution in [0.5, 0.6) is 0 Å². The number of thiophene rings is 1. The van der Waals surface area contributed by atoms with Crippen LogP contribution < -0.4 is 0 Å². The Bertz CT molecular complexity index is 811. The molecule has 1 N–H and O–H groups in total. The number of halogens is 3. The molecule has 127 valence electrons. The molecule has 2 aromatic carbocycles. The van der Waals surface area contributed by atoms with Gasteiger partial charge in [-0.25, -0.2) is 0 Å². The third kappa shape index (κ3) is 5.01. The average molecular weight is 435 g/mol. The largest absolute Gasteiger partial charge is 0.674 e. The van der Waals surface area contributed by atoms with Gasteiger partial charge in [0.2, 0.25) is 0 Å². The molecule has 0 fully saturated rings. The summed E-state index contributed by atoms with van der Waals surface area (Å²) in [5.41, 5.74) is 9.97. The zero-order valence-electron chi connectivity index (χ0n) is 13.3. The molecule has 0 saturated heterocycles. The van der Waals surface area contributed by atoms with E-state index in [2.05, 4.69) is 0 Å². The van der Waals surface area contributed by atoms with Crippen molar-refractivity contribution in [1.29, 1.82) is 0 Å². The third-order valence-electron chi connectivity index (χ3n) is 3.73. The van der Waals surface area contributed by atoms with Gasteiger partial charge < -0.3 is 5.73 Å². The van der Waals surface area contributed by atoms with E-state index in [4.69, 9.17) is 5.73 Å². The smallest absolute Gasteiger partial charge is 0.426 e. The molecular formula is C19H15F3NSY-. The van der Waals surface area contributed by atoms with E-state index in [0.29, 0.717) is 16.9 Å². The molecule has 3 rings (SSSR count). The van der Waals surface area contributed by atoms with E-state index < -0.39 is 11.1 Å². The van der Waals surface area contributed by atoms with Crippen LogP contribution in [-0.2, 0) is 51.9 Å². The fourth-order valence-corrected chi connectivity index (χ4v) is 3.63. The number of nitrogens with one attached hydrogen (secondary N) is 1. The average Bonchev–Trinajstić information content (AvgIpc) is 3.01. The second-order valence-corrected chi connectivity index (χ2v) is 6.63. The predicted octanol–water partition coefficient (Wildman–Crippen LogP) is 6.57. The van der Waals surface area contributed by atoms with Crippen LogP contribution in [0.25, 0.3) is 16.9 Å². The van der Waals surface area contributed by atoms with E-state index in [1.165, 1.54) is 0 Å². The van der Waals surface area contributed by atoms with Crippen LogP contribution in [-0.4, -0.2) is 0 Å². The molecule has 0 amide bonds. The maximum atomic E-state index is 13.4. The van der Waals surface area contributed by atoms with Gasteiger partial charge in [-0.05, 0) is 17.2 Å². The van der Waals surface area contributed by atoms with Gasteiger partial charge in [-0.3, -0.25) is 0 Å². The first-order chi connectivity index (χ1) is 11.5. The topological polar surface area (TPSA) is 23.8 Å². The van der Waals surface area contributed by atoms with E-state index in [9.17, 15) is 13.2 Å². The molecule has 3 aromatic rings. The summed E-state index contributed by atoms with van der Waals surface area (Å²) in [5, 5.41) is 0. The second kappa shape index (κ2) is 8.59. The van der Waals surface area contributed by atoms with Gasteiger partial charge in [0.15, 0.2) is 0 Å². The van der Waals surface area contributed by atoms with Crippen LogP contribution in [0, 0.1) is 0 Å². The molecule has 1 nitrogen and oxygen atoms in total. The van der Waals surface area contributed by atoms with Crippen molar-refractivity contribution in [2.75, 3.05) is 0 Å². The SMILES string of the molecule is [NH-]Cc1ccc(Cc2cc(-c3ccccc3)c(C(F)(F)F)s2)cc1.[Y]. The molecule has 25 heavy (non-hydrogen) atoms. The number of alkyl halides is 3. The fraction of sp³-hybridized carbons (Fsp3) is 0.158. The van der Waals surface area contributed by atoms with E-state index in [-0.39, 0.29) is 44.8 Å². The minimum atomic E-state index is -4.36. The van der Waals surface area contributed by atoms with Gasteiger partial charge in [0.05, 0.1) is 0 Å². The van der Waals surface area contributed by atoms with Gasteiger partial charge in [0, 0.05) is 49.6 Å². The first-order valence-electron chi connectivity index (χ1n) is 7.45. The molecule has 0 spiro atoms. The monoisotopic (exact) mass is 435 g/mol. The van der Waals surface area contributed by atoms with Crippen molar-refractivity contribution in [2.45, 2.75) is 19.1 Å². The Labute approximate surface area is 174 Å². The van der Waals surface area contributed by atoms with Crippen LogP contribution in [0.1, 0.15) is 20.9 Å². The maximum absolute atomic E-state index is 13.4. The van der Waals surface area contributed by atoms with Gasteiger partial charge in [-0.2, -0.15) is 13.2 Å². The minimum Gasteiger partial charge on any atom is -0.674 e. The quantitative estimate of drug-likeness (QED) is 0.443. The van der Waals surface area contributed by atoms with Crippen molar-refractivity contribution < 1.29 is 45.9 Å². The zero-order chi connectivity index (χ0) is 17.2. The zero-order valence-corrected chi connectivity index (χ0v) is 17.0. The molecule has 0 saturated carbocycles. The predicted molar refractivity (Wildman–Crippen MR) is 92.0 cm³/mol. The number of rotatable bonds is 4. The Morgan fingerprint density at radius 1 is 0.880 bits per heavy atom. The Kier molecular flexibility index (Phi) is 6.97. The first kappa shape index (κ1) is 20.3. The molecule has 6 heteroatoms. The summed E-state index contributed by atoms with van der Waals surface area (Å²) in [4.78, 5) is 0.131. The molecule has 1 radical (unpaired) electrons. The molecule has 0 aliphatic carbocycles. The summed E-state index contributed by atoms with van der Waals surface area (Å²) in [6, 6.07) is 17.8. The number of hydrogen-bond donors (Lipinski definition) is 0. The summed E-state index contributed by atoms with van der Waals surface area (Å²) in [6.07, 6.45) is -3.90. The van der Waals surface area contributed by atoms with Crippen molar-refractivity contribution >= 4 is 11.3 Å². The molecule has 0 aliphatic rings. The van der Waals surface area contributed by atoms with Crippen LogP contribution in [0.4, 0.5) is 13.2 Å². The standard InChI is InChI=1S/C19H15F3NS.Y/c20-19(21,22)18-17(15-4-2-1-3-5-15)11-16(24-18)10-13-6-8-14(12-23)9-7-13;/h1-9,11,23H,10,12H2;/q-1;. The molecule has 1 aromatic heterocycles. The fourth-order valence-electron chi connectivity index (χ4n) is 2.55. The normalized spacial score (nSPS) is 11.2. The Balaban J connectivity index is 0.00000225. The van der Waals surface area contributed by atoms with E-state index >= 15 is 0 Å². The van der Waals surface area contributed by atoms with Crippen molar-refractivity contribution in [2.24, 2.45) is 0 Å². The first-order valence-corrected chi connectivity index (χ1v) is 8.27. The summed E-state index contributed by atoms with van der Waals surface area (Å²) < 4.78 is 40.1. The molecular weight excluding hydrogens is 420 g/mol. The molecule has 0 unspecified atom stereocenters. The van der Waals surface area contributed by atoms with Crippen molar-refractivity contribution in [3.05, 3.63) is 87.3 Å². The molecule has 1 heterocycles. The van der Waals surface area contributed by atoms with Crippen molar-refractivity contribution in [3.63, 3.8) is 0 Å². The number of benzene rings is 2. The van der Waals surface area contributed by atoms with Crippen LogP contribution in [0.2, 0.25) is 0 Å². The Hall–Kier alpha value is -1.01. The third-order valence-corrected chi connectivity index (χ3v) is 4.91. The summed E-state index contributed by atoms with van der Waals surface area (Å²) in [5.74, 6) is 0. The minimum absolute atomic E-state index is 0. The van der Waals surface area contributed by atoms with Crippen molar-refractivity contribution in [3.8, 4) is 11.1 Å². The van der Waals surface area contributed by atoms with E-state index in [1.54, 1.807) is 36.4 Å². The summed E-state index contributed by atoms with van der Waals surface area (Å²) in [7, 11) is 0. The van der Waals surface area contributed by atoms with Crippen molar-refractivity contribution in [1.82, 2.24) is 0 Å². The van der Waals surface area contributed by atoms with Gasteiger partial charge >= 0.3 is 6.18 Å². The second-order valence-electron chi connectivity index (χ2n) is 5.49. The van der Waals surface area contributed by atoms with Crippen LogP contribution in [0.3, 0.4) is 0 Å².